The van der Waals surface area contributed by atoms with Gasteiger partial charge in [-0.15, -0.1) is 0 Å². The molecule has 0 unspecified atom stereocenters. The van der Waals surface area contributed by atoms with Gasteiger partial charge in [0.15, 0.2) is 0 Å². The van der Waals surface area contributed by atoms with E-state index in [1.54, 1.807) is 22.8 Å². The molecule has 1 fully saturated rings. The Bertz CT molecular complexity index is 1060. The first-order chi connectivity index (χ1) is 14.1. The van der Waals surface area contributed by atoms with Crippen molar-refractivity contribution in [3.63, 3.8) is 0 Å². The molecule has 0 bridgehead atoms. The molecule has 3 aromatic rings. The smallest absolute Gasteiger partial charge is 0.243 e. The highest BCUT2D eigenvalue weighted by Gasteiger charge is 2.29. The maximum Gasteiger partial charge on any atom is 0.243 e. The normalized spacial score (nSPS) is 15.4. The molecule has 0 spiro atoms. The predicted octanol–water partition coefficient (Wildman–Crippen LogP) is 3.22. The Morgan fingerprint density at radius 3 is 2.24 bits per heavy atom. The molecule has 0 N–H and O–H groups in total. The standard InChI is InChI=1S/C22H24N4O2S/c1-2-18-8-10-20(11-9-18)29(27,28)26-14-12-25(13-15-26)22-16-21(23-17-24-22)19-6-4-3-5-7-19/h3-11,16-17H,2,12-15H2,1H3. The molecule has 2 heterocycles. The van der Waals surface area contributed by atoms with E-state index in [0.717, 1.165) is 29.1 Å². The highest BCUT2D eigenvalue weighted by atomic mass is 32.2. The first-order valence-corrected chi connectivity index (χ1v) is 11.2. The van der Waals surface area contributed by atoms with E-state index in [9.17, 15) is 8.42 Å². The lowest BCUT2D eigenvalue weighted by Crippen LogP contribution is -2.48. The van der Waals surface area contributed by atoms with Gasteiger partial charge in [-0.25, -0.2) is 18.4 Å². The molecule has 2 aromatic carbocycles. The van der Waals surface area contributed by atoms with E-state index in [0.29, 0.717) is 31.1 Å². The van der Waals surface area contributed by atoms with Crippen LogP contribution >= 0.6 is 0 Å². The monoisotopic (exact) mass is 408 g/mol. The summed E-state index contributed by atoms with van der Waals surface area (Å²) in [7, 11) is -3.47. The van der Waals surface area contributed by atoms with Crippen LogP contribution in [-0.2, 0) is 16.4 Å². The van der Waals surface area contributed by atoms with E-state index in [1.165, 1.54) is 0 Å². The van der Waals surface area contributed by atoms with Gasteiger partial charge >= 0.3 is 0 Å². The van der Waals surface area contributed by atoms with Gasteiger partial charge < -0.3 is 4.90 Å². The summed E-state index contributed by atoms with van der Waals surface area (Å²) >= 11 is 0. The van der Waals surface area contributed by atoms with Gasteiger partial charge in [-0.3, -0.25) is 0 Å². The van der Waals surface area contributed by atoms with Crippen molar-refractivity contribution in [2.24, 2.45) is 0 Å². The lowest BCUT2D eigenvalue weighted by Gasteiger charge is -2.34. The maximum atomic E-state index is 13.0. The third-order valence-corrected chi connectivity index (χ3v) is 7.17. The van der Waals surface area contributed by atoms with Gasteiger partial charge in [0.25, 0.3) is 0 Å². The van der Waals surface area contributed by atoms with Gasteiger partial charge in [0.2, 0.25) is 10.0 Å². The van der Waals surface area contributed by atoms with Crippen molar-refractivity contribution >= 4 is 15.8 Å². The molecule has 4 rings (SSSR count). The number of aryl methyl sites for hydroxylation is 1. The second-order valence-corrected chi connectivity index (χ2v) is 8.95. The number of nitrogens with zero attached hydrogens (tertiary/aromatic N) is 4. The zero-order valence-corrected chi connectivity index (χ0v) is 17.2. The third-order valence-electron chi connectivity index (χ3n) is 5.25. The summed E-state index contributed by atoms with van der Waals surface area (Å²) in [6.07, 6.45) is 2.46. The molecular weight excluding hydrogens is 384 g/mol. The van der Waals surface area contributed by atoms with Crippen LogP contribution in [0.25, 0.3) is 11.3 Å². The van der Waals surface area contributed by atoms with E-state index in [2.05, 4.69) is 21.8 Å². The molecular formula is C22H24N4O2S. The highest BCUT2D eigenvalue weighted by molar-refractivity contribution is 7.89. The third kappa shape index (κ3) is 4.16. The van der Waals surface area contributed by atoms with Crippen LogP contribution in [0.4, 0.5) is 5.82 Å². The summed E-state index contributed by atoms with van der Waals surface area (Å²) in [5.41, 5.74) is 3.03. The molecule has 0 amide bonds. The minimum absolute atomic E-state index is 0.358. The van der Waals surface area contributed by atoms with Gasteiger partial charge in [0.1, 0.15) is 12.1 Å². The summed E-state index contributed by atoms with van der Waals surface area (Å²) in [5, 5.41) is 0. The zero-order chi connectivity index (χ0) is 20.3. The van der Waals surface area contributed by atoms with E-state index in [1.807, 2.05) is 48.5 Å². The molecule has 150 valence electrons. The van der Waals surface area contributed by atoms with Crippen molar-refractivity contribution in [1.29, 1.82) is 0 Å². The number of anilines is 1. The quantitative estimate of drug-likeness (QED) is 0.649. The van der Waals surface area contributed by atoms with E-state index < -0.39 is 10.0 Å². The predicted molar refractivity (Wildman–Crippen MR) is 114 cm³/mol. The molecule has 0 saturated carbocycles. The van der Waals surface area contributed by atoms with Crippen LogP contribution in [0.5, 0.6) is 0 Å². The minimum Gasteiger partial charge on any atom is -0.354 e. The van der Waals surface area contributed by atoms with Crippen LogP contribution in [0.15, 0.2) is 71.9 Å². The Labute approximate surface area is 171 Å². The van der Waals surface area contributed by atoms with Gasteiger partial charge in [-0.05, 0) is 24.1 Å². The van der Waals surface area contributed by atoms with Crippen LogP contribution < -0.4 is 4.90 Å². The molecule has 0 atom stereocenters. The second kappa shape index (κ2) is 8.31. The number of hydrogen-bond donors (Lipinski definition) is 0. The number of benzene rings is 2. The van der Waals surface area contributed by atoms with Crippen molar-refractivity contribution in [1.82, 2.24) is 14.3 Å². The van der Waals surface area contributed by atoms with Gasteiger partial charge in [-0.1, -0.05) is 49.4 Å². The highest BCUT2D eigenvalue weighted by Crippen LogP contribution is 2.23. The summed E-state index contributed by atoms with van der Waals surface area (Å²) in [5.74, 6) is 0.822. The molecule has 1 aliphatic rings. The van der Waals surface area contributed by atoms with Crippen LogP contribution in [-0.4, -0.2) is 48.9 Å². The van der Waals surface area contributed by atoms with Crippen molar-refractivity contribution < 1.29 is 8.42 Å². The number of aromatic nitrogens is 2. The van der Waals surface area contributed by atoms with Crippen LogP contribution in [0, 0.1) is 0 Å². The molecule has 1 aliphatic heterocycles. The van der Waals surface area contributed by atoms with E-state index in [4.69, 9.17) is 0 Å². The summed E-state index contributed by atoms with van der Waals surface area (Å²) in [6.45, 7) is 4.11. The summed E-state index contributed by atoms with van der Waals surface area (Å²) < 4.78 is 27.5. The Balaban J connectivity index is 1.47. The largest absolute Gasteiger partial charge is 0.354 e. The SMILES string of the molecule is CCc1ccc(S(=O)(=O)N2CCN(c3cc(-c4ccccc4)ncn3)CC2)cc1. The average Bonchev–Trinajstić information content (AvgIpc) is 2.80. The lowest BCUT2D eigenvalue weighted by molar-refractivity contribution is 0.384. The Morgan fingerprint density at radius 1 is 0.897 bits per heavy atom. The van der Waals surface area contributed by atoms with Crippen LogP contribution in [0.1, 0.15) is 12.5 Å². The number of sulfonamides is 1. The van der Waals surface area contributed by atoms with Crippen LogP contribution in [0.3, 0.4) is 0 Å². The molecule has 7 heteroatoms. The minimum atomic E-state index is -3.47. The lowest BCUT2D eigenvalue weighted by atomic mass is 10.1. The van der Waals surface area contributed by atoms with Crippen molar-refractivity contribution in [2.75, 3.05) is 31.1 Å². The van der Waals surface area contributed by atoms with Gasteiger partial charge in [0, 0.05) is 37.8 Å². The molecule has 6 nitrogen and oxygen atoms in total. The molecule has 0 radical (unpaired) electrons. The molecule has 1 aromatic heterocycles. The van der Waals surface area contributed by atoms with Crippen LogP contribution in [0.2, 0.25) is 0 Å². The number of hydrogen-bond acceptors (Lipinski definition) is 5. The number of rotatable bonds is 5. The molecule has 0 aliphatic carbocycles. The fourth-order valence-electron chi connectivity index (χ4n) is 3.49. The number of piperazine rings is 1. The fourth-order valence-corrected chi connectivity index (χ4v) is 4.91. The topological polar surface area (TPSA) is 66.4 Å². The van der Waals surface area contributed by atoms with Crippen molar-refractivity contribution in [3.8, 4) is 11.3 Å². The molecule has 1 saturated heterocycles. The fraction of sp³-hybridized carbons (Fsp3) is 0.273. The van der Waals surface area contributed by atoms with Crippen molar-refractivity contribution in [3.05, 3.63) is 72.6 Å². The maximum absolute atomic E-state index is 13.0. The van der Waals surface area contributed by atoms with Gasteiger partial charge in [0.05, 0.1) is 10.6 Å². The Kier molecular flexibility index (Phi) is 5.60. The second-order valence-electron chi connectivity index (χ2n) is 7.02. The Hall–Kier alpha value is -2.77. The Morgan fingerprint density at radius 2 is 1.59 bits per heavy atom. The zero-order valence-electron chi connectivity index (χ0n) is 16.4. The summed E-state index contributed by atoms with van der Waals surface area (Å²) in [6, 6.07) is 19.1. The summed E-state index contributed by atoms with van der Waals surface area (Å²) in [4.78, 5) is 11.2. The average molecular weight is 409 g/mol. The van der Waals surface area contributed by atoms with E-state index >= 15 is 0 Å². The molecule has 29 heavy (non-hydrogen) atoms. The van der Waals surface area contributed by atoms with E-state index in [-0.39, 0.29) is 0 Å². The first kappa shape index (κ1) is 19.5. The first-order valence-electron chi connectivity index (χ1n) is 9.79. The van der Waals surface area contributed by atoms with Gasteiger partial charge in [-0.2, -0.15) is 4.31 Å². The van der Waals surface area contributed by atoms with Crippen molar-refractivity contribution in [2.45, 2.75) is 18.2 Å².